The van der Waals surface area contributed by atoms with Crippen LogP contribution in [0.4, 0.5) is 13.2 Å². The molecule has 2 aromatic rings. The van der Waals surface area contributed by atoms with Gasteiger partial charge in [-0.25, -0.2) is 0 Å². The van der Waals surface area contributed by atoms with Crippen molar-refractivity contribution < 1.29 is 13.2 Å². The fourth-order valence-electron chi connectivity index (χ4n) is 1.83. The van der Waals surface area contributed by atoms with Gasteiger partial charge in [-0.3, -0.25) is 4.79 Å². The number of aryl methyl sites for hydroxylation is 1. The zero-order chi connectivity index (χ0) is 13.5. The molecule has 0 N–H and O–H groups in total. The van der Waals surface area contributed by atoms with Crippen LogP contribution >= 0.6 is 0 Å². The molecule has 2 nitrogen and oxygen atoms in total. The van der Waals surface area contributed by atoms with Crippen LogP contribution in [-0.4, -0.2) is 4.57 Å². The minimum Gasteiger partial charge on any atom is -0.311 e. The van der Waals surface area contributed by atoms with E-state index in [4.69, 9.17) is 0 Å². The number of hydrogen-bond acceptors (Lipinski definition) is 1. The van der Waals surface area contributed by atoms with Crippen molar-refractivity contribution in [2.45, 2.75) is 6.18 Å². The van der Waals surface area contributed by atoms with E-state index >= 15 is 0 Å². The second-order valence-electron chi connectivity index (χ2n) is 3.93. The van der Waals surface area contributed by atoms with Gasteiger partial charge in [0, 0.05) is 18.5 Å². The molecule has 0 fully saturated rings. The maximum Gasteiger partial charge on any atom is 0.417 e. The van der Waals surface area contributed by atoms with Crippen LogP contribution in [0.2, 0.25) is 0 Å². The highest BCUT2D eigenvalue weighted by Crippen LogP contribution is 2.33. The van der Waals surface area contributed by atoms with Crippen molar-refractivity contribution in [2.75, 3.05) is 0 Å². The van der Waals surface area contributed by atoms with E-state index in [1.165, 1.54) is 35.9 Å². The zero-order valence-electron chi connectivity index (χ0n) is 9.58. The predicted octanol–water partition coefficient (Wildman–Crippen LogP) is 3.20. The Morgan fingerprint density at radius 3 is 2.50 bits per heavy atom. The SMILES string of the molecule is C=Cc1ccc2c(C(F)(F)F)cc(=O)n(C)c2c1. The molecule has 94 valence electrons. The molecule has 2 rings (SSSR count). The van der Waals surface area contributed by atoms with Crippen LogP contribution in [0.15, 0.2) is 35.6 Å². The average molecular weight is 253 g/mol. The third-order valence-electron chi connectivity index (χ3n) is 2.81. The lowest BCUT2D eigenvalue weighted by molar-refractivity contribution is -0.136. The summed E-state index contributed by atoms with van der Waals surface area (Å²) in [5.74, 6) is 0. The van der Waals surface area contributed by atoms with Crippen LogP contribution in [0.5, 0.6) is 0 Å². The third kappa shape index (κ3) is 1.92. The lowest BCUT2D eigenvalue weighted by Crippen LogP contribution is -2.20. The fourth-order valence-corrected chi connectivity index (χ4v) is 1.83. The lowest BCUT2D eigenvalue weighted by atomic mass is 10.1. The molecule has 18 heavy (non-hydrogen) atoms. The number of alkyl halides is 3. The van der Waals surface area contributed by atoms with Crippen molar-refractivity contribution in [3.05, 3.63) is 52.3 Å². The fraction of sp³-hybridized carbons (Fsp3) is 0.154. The highest BCUT2D eigenvalue weighted by Gasteiger charge is 2.33. The number of aromatic nitrogens is 1. The second-order valence-corrected chi connectivity index (χ2v) is 3.93. The van der Waals surface area contributed by atoms with E-state index in [1.54, 1.807) is 0 Å². The van der Waals surface area contributed by atoms with Gasteiger partial charge in [0.05, 0.1) is 11.1 Å². The Kier molecular flexibility index (Phi) is 2.77. The van der Waals surface area contributed by atoms with Crippen LogP contribution in [0.1, 0.15) is 11.1 Å². The van der Waals surface area contributed by atoms with E-state index < -0.39 is 17.3 Å². The Labute approximate surface area is 101 Å². The summed E-state index contributed by atoms with van der Waals surface area (Å²) in [5.41, 5.74) is -0.684. The van der Waals surface area contributed by atoms with Gasteiger partial charge in [0.15, 0.2) is 0 Å². The first-order chi connectivity index (χ1) is 8.34. The smallest absolute Gasteiger partial charge is 0.311 e. The number of benzene rings is 1. The first-order valence-corrected chi connectivity index (χ1v) is 5.18. The van der Waals surface area contributed by atoms with E-state index in [-0.39, 0.29) is 10.9 Å². The van der Waals surface area contributed by atoms with Gasteiger partial charge in [0.2, 0.25) is 0 Å². The minimum atomic E-state index is -4.54. The van der Waals surface area contributed by atoms with Crippen molar-refractivity contribution in [1.29, 1.82) is 0 Å². The van der Waals surface area contributed by atoms with E-state index in [2.05, 4.69) is 6.58 Å². The number of pyridine rings is 1. The minimum absolute atomic E-state index is 0.00944. The van der Waals surface area contributed by atoms with Crippen LogP contribution in [-0.2, 0) is 13.2 Å². The van der Waals surface area contributed by atoms with Crippen molar-refractivity contribution in [3.8, 4) is 0 Å². The van der Waals surface area contributed by atoms with Gasteiger partial charge in [-0.1, -0.05) is 24.8 Å². The maximum absolute atomic E-state index is 12.8. The first-order valence-electron chi connectivity index (χ1n) is 5.18. The van der Waals surface area contributed by atoms with Crippen molar-refractivity contribution >= 4 is 17.0 Å². The summed E-state index contributed by atoms with van der Waals surface area (Å²) in [6, 6.07) is 5.03. The first kappa shape index (κ1) is 12.4. The van der Waals surface area contributed by atoms with Crippen LogP contribution in [0.3, 0.4) is 0 Å². The Hall–Kier alpha value is -2.04. The third-order valence-corrected chi connectivity index (χ3v) is 2.81. The van der Waals surface area contributed by atoms with E-state index in [0.717, 1.165) is 0 Å². The van der Waals surface area contributed by atoms with Crippen LogP contribution in [0.25, 0.3) is 17.0 Å². The highest BCUT2D eigenvalue weighted by molar-refractivity contribution is 5.85. The van der Waals surface area contributed by atoms with Crippen LogP contribution < -0.4 is 5.56 Å². The zero-order valence-corrected chi connectivity index (χ0v) is 9.58. The normalized spacial score (nSPS) is 11.8. The molecule has 5 heteroatoms. The molecule has 0 saturated carbocycles. The maximum atomic E-state index is 12.8. The molecule has 0 spiro atoms. The molecule has 0 aliphatic heterocycles. The summed E-state index contributed by atoms with van der Waals surface area (Å²) >= 11 is 0. The van der Waals surface area contributed by atoms with Crippen molar-refractivity contribution in [3.63, 3.8) is 0 Å². The monoisotopic (exact) mass is 253 g/mol. The Morgan fingerprint density at radius 1 is 1.28 bits per heavy atom. The van der Waals surface area contributed by atoms with Gasteiger partial charge in [-0.2, -0.15) is 13.2 Å². The second kappa shape index (κ2) is 4.01. The summed E-state index contributed by atoms with van der Waals surface area (Å²) in [6.07, 6.45) is -3.02. The van der Waals surface area contributed by atoms with Gasteiger partial charge in [0.1, 0.15) is 0 Å². The van der Waals surface area contributed by atoms with Gasteiger partial charge in [0.25, 0.3) is 5.56 Å². The standard InChI is InChI=1S/C13H10F3NO/c1-3-8-4-5-9-10(13(14,15)16)7-12(18)17(2)11(9)6-8/h3-7H,1H2,2H3. The molecule has 0 saturated heterocycles. The molecular weight excluding hydrogens is 243 g/mol. The number of nitrogens with zero attached hydrogens (tertiary/aromatic N) is 1. The Bertz CT molecular complexity index is 683. The number of hydrogen-bond donors (Lipinski definition) is 0. The number of rotatable bonds is 1. The van der Waals surface area contributed by atoms with E-state index in [9.17, 15) is 18.0 Å². The summed E-state index contributed by atoms with van der Waals surface area (Å²) in [6.45, 7) is 3.55. The molecule has 0 aliphatic carbocycles. The van der Waals surface area contributed by atoms with Crippen LogP contribution in [0, 0.1) is 0 Å². The molecular formula is C13H10F3NO. The van der Waals surface area contributed by atoms with Gasteiger partial charge in [-0.15, -0.1) is 0 Å². The lowest BCUT2D eigenvalue weighted by Gasteiger charge is -2.13. The van der Waals surface area contributed by atoms with Gasteiger partial charge < -0.3 is 4.57 Å². The molecule has 0 amide bonds. The van der Waals surface area contributed by atoms with Gasteiger partial charge >= 0.3 is 6.18 Å². The molecule has 0 bridgehead atoms. The molecule has 1 heterocycles. The largest absolute Gasteiger partial charge is 0.417 e. The molecule has 1 aromatic heterocycles. The van der Waals surface area contributed by atoms with Crippen molar-refractivity contribution in [1.82, 2.24) is 4.57 Å². The Balaban J connectivity index is 2.95. The predicted molar refractivity (Wildman–Crippen MR) is 64.3 cm³/mol. The summed E-state index contributed by atoms with van der Waals surface area (Å²) in [7, 11) is 1.44. The van der Waals surface area contributed by atoms with Gasteiger partial charge in [-0.05, 0) is 11.6 Å². The topological polar surface area (TPSA) is 22.0 Å². The van der Waals surface area contributed by atoms with Crippen molar-refractivity contribution in [2.24, 2.45) is 7.05 Å². The Morgan fingerprint density at radius 2 is 1.94 bits per heavy atom. The molecule has 0 atom stereocenters. The molecule has 1 aromatic carbocycles. The summed E-state index contributed by atoms with van der Waals surface area (Å²) < 4.78 is 39.7. The number of fused-ring (bicyclic) bond motifs is 1. The van der Waals surface area contributed by atoms with E-state index in [1.807, 2.05) is 0 Å². The van der Waals surface area contributed by atoms with E-state index in [0.29, 0.717) is 11.6 Å². The quantitative estimate of drug-likeness (QED) is 0.765. The average Bonchev–Trinajstić information content (AvgIpc) is 2.31. The summed E-state index contributed by atoms with van der Waals surface area (Å²) in [5, 5.41) is 0.00944. The molecule has 0 unspecified atom stereocenters. The molecule has 0 radical (unpaired) electrons. The highest BCUT2D eigenvalue weighted by atomic mass is 19.4. The number of halogens is 3. The summed E-state index contributed by atoms with van der Waals surface area (Å²) in [4.78, 5) is 11.5. The molecule has 0 aliphatic rings.